The first-order valence-corrected chi connectivity index (χ1v) is 15.5. The van der Waals surface area contributed by atoms with Gasteiger partial charge in [-0.1, -0.05) is 0 Å². The zero-order chi connectivity index (χ0) is 6.62. The van der Waals surface area contributed by atoms with Gasteiger partial charge in [0, 0.05) is 0 Å². The molecule has 0 atom stereocenters. The van der Waals surface area contributed by atoms with Gasteiger partial charge >= 0.3 is 66.0 Å². The molecule has 0 aromatic carbocycles. The van der Waals surface area contributed by atoms with Crippen molar-refractivity contribution in [2.45, 2.75) is 24.2 Å². The van der Waals surface area contributed by atoms with Crippen LogP contribution >= 0.6 is 26.8 Å². The Hall–Kier alpha value is 1.67. The number of hydrogen-bond acceptors (Lipinski definition) is 0. The van der Waals surface area contributed by atoms with E-state index >= 15 is 0 Å². The van der Waals surface area contributed by atoms with E-state index in [1.54, 1.807) is 0 Å². The molecule has 8 heavy (non-hydrogen) atoms. The number of rotatable bonds is 3. The molecule has 0 aliphatic rings. The van der Waals surface area contributed by atoms with Crippen molar-refractivity contribution in [1.29, 1.82) is 0 Å². The van der Waals surface area contributed by atoms with Crippen LogP contribution in [-0.2, 0) is 0 Å². The standard InChI is InChI=1S/C4H9.3ClH.Sn/c1-3-4-2;;;;/h1,3-4H2,2H3;3*1H;/q;;;;+3/p-3. The van der Waals surface area contributed by atoms with Gasteiger partial charge in [0.15, 0.2) is 0 Å². The number of halogens is 3. The first-order chi connectivity index (χ1) is 3.56. The summed E-state index contributed by atoms with van der Waals surface area (Å²) in [6, 6.07) is 0. The van der Waals surface area contributed by atoms with Gasteiger partial charge in [0.05, 0.1) is 0 Å². The molecule has 0 bridgehead atoms. The molecule has 50 valence electrons. The maximum atomic E-state index is 5.65. The third-order valence-electron chi connectivity index (χ3n) is 0.814. The third-order valence-corrected chi connectivity index (χ3v) is 7.24. The Kier molecular flexibility index (Phi) is 5.41. The van der Waals surface area contributed by atoms with Crippen LogP contribution < -0.4 is 0 Å². The van der Waals surface area contributed by atoms with Crippen molar-refractivity contribution >= 4 is 41.8 Å². The Morgan fingerprint density at radius 2 is 1.75 bits per heavy atom. The summed E-state index contributed by atoms with van der Waals surface area (Å²) in [5.74, 6) is 0. The summed E-state index contributed by atoms with van der Waals surface area (Å²) in [4.78, 5) is 0. The second kappa shape index (κ2) is 4.48. The molecular formula is C4H9Cl3Sn. The molecule has 0 rings (SSSR count). The Bertz CT molecular complexity index is 58.8. The monoisotopic (exact) mass is 282 g/mol. The molecule has 0 unspecified atom stereocenters. The molecule has 0 N–H and O–H groups in total. The molecule has 0 heterocycles. The molecule has 4 heteroatoms. The molecule has 0 fully saturated rings. The molecule has 0 spiro atoms. The zero-order valence-corrected chi connectivity index (χ0v) is 9.88. The first-order valence-electron chi connectivity index (χ1n) is 2.63. The van der Waals surface area contributed by atoms with Crippen molar-refractivity contribution in [3.63, 3.8) is 0 Å². The van der Waals surface area contributed by atoms with Crippen LogP contribution in [0.25, 0.3) is 0 Å². The maximum absolute atomic E-state index is 5.65. The van der Waals surface area contributed by atoms with Gasteiger partial charge in [-0.25, -0.2) is 0 Å². The molecule has 0 amide bonds. The van der Waals surface area contributed by atoms with E-state index in [1.165, 1.54) is 0 Å². The second-order valence-electron chi connectivity index (χ2n) is 1.72. The predicted octanol–water partition coefficient (Wildman–Crippen LogP) is 3.44. The fraction of sp³-hybridized carbons (Fsp3) is 1.00. The molecule has 0 saturated heterocycles. The average Bonchev–Trinajstić information content (AvgIpc) is 1.59. The predicted molar refractivity (Wildman–Crippen MR) is 43.0 cm³/mol. The molecule has 0 aliphatic heterocycles. The normalized spacial score (nSPS) is 12.0. The van der Waals surface area contributed by atoms with Crippen LogP contribution in [0.5, 0.6) is 0 Å². The third kappa shape index (κ3) is 7.67. The van der Waals surface area contributed by atoms with Gasteiger partial charge in [-0.2, -0.15) is 0 Å². The minimum atomic E-state index is -2.89. The second-order valence-corrected chi connectivity index (χ2v) is 23.5. The average molecular weight is 282 g/mol. The van der Waals surface area contributed by atoms with Crippen molar-refractivity contribution in [1.82, 2.24) is 0 Å². The van der Waals surface area contributed by atoms with Crippen LogP contribution in [-0.4, -0.2) is 15.0 Å². The van der Waals surface area contributed by atoms with Crippen LogP contribution in [0.2, 0.25) is 4.44 Å². The van der Waals surface area contributed by atoms with Gasteiger partial charge in [-0.05, 0) is 0 Å². The number of unbranched alkanes of at least 4 members (excludes halogenated alkanes) is 1. The topological polar surface area (TPSA) is 0 Å². The summed E-state index contributed by atoms with van der Waals surface area (Å²) in [7, 11) is 17.0. The summed E-state index contributed by atoms with van der Waals surface area (Å²) in [6.45, 7) is 2.10. The summed E-state index contributed by atoms with van der Waals surface area (Å²) < 4.78 is 0.871. The van der Waals surface area contributed by atoms with Crippen molar-refractivity contribution in [2.75, 3.05) is 0 Å². The molecular weight excluding hydrogens is 273 g/mol. The van der Waals surface area contributed by atoms with E-state index in [-0.39, 0.29) is 0 Å². The van der Waals surface area contributed by atoms with Gasteiger partial charge in [0.1, 0.15) is 0 Å². The van der Waals surface area contributed by atoms with E-state index in [4.69, 9.17) is 26.8 Å². The number of hydrogen-bond donors (Lipinski definition) is 0. The van der Waals surface area contributed by atoms with E-state index in [0.717, 1.165) is 17.3 Å². The summed E-state index contributed by atoms with van der Waals surface area (Å²) in [5, 5.41) is 0. The first kappa shape index (κ1) is 9.67. The van der Waals surface area contributed by atoms with Crippen LogP contribution in [0.1, 0.15) is 19.8 Å². The van der Waals surface area contributed by atoms with Crippen LogP contribution in [0, 0.1) is 0 Å². The van der Waals surface area contributed by atoms with E-state index in [1.807, 2.05) is 0 Å². The summed E-state index contributed by atoms with van der Waals surface area (Å²) >= 11 is -2.89. The van der Waals surface area contributed by atoms with Crippen molar-refractivity contribution in [3.8, 4) is 0 Å². The van der Waals surface area contributed by atoms with Gasteiger partial charge in [0.2, 0.25) is 0 Å². The van der Waals surface area contributed by atoms with E-state index in [0.29, 0.717) is 0 Å². The van der Waals surface area contributed by atoms with Crippen molar-refractivity contribution < 1.29 is 0 Å². The fourth-order valence-corrected chi connectivity index (χ4v) is 5.22. The molecule has 0 aliphatic carbocycles. The van der Waals surface area contributed by atoms with Gasteiger partial charge in [-0.15, -0.1) is 0 Å². The molecule has 0 nitrogen and oxygen atoms in total. The SMILES string of the molecule is CCC[CH2][Sn]([Cl])([Cl])[Cl]. The van der Waals surface area contributed by atoms with Gasteiger partial charge < -0.3 is 0 Å². The van der Waals surface area contributed by atoms with Crippen LogP contribution in [0.3, 0.4) is 0 Å². The van der Waals surface area contributed by atoms with E-state index < -0.39 is 15.0 Å². The fourth-order valence-electron chi connectivity index (χ4n) is 0.377. The Morgan fingerprint density at radius 3 is 1.88 bits per heavy atom. The van der Waals surface area contributed by atoms with Crippen molar-refractivity contribution in [3.05, 3.63) is 0 Å². The minimum absolute atomic E-state index is 0.871. The Balaban J connectivity index is 3.11. The molecule has 0 aromatic heterocycles. The van der Waals surface area contributed by atoms with E-state index in [9.17, 15) is 0 Å². The van der Waals surface area contributed by atoms with Crippen LogP contribution in [0.4, 0.5) is 0 Å². The molecule has 0 saturated carbocycles. The van der Waals surface area contributed by atoms with Crippen molar-refractivity contribution in [2.24, 2.45) is 0 Å². The quantitative estimate of drug-likeness (QED) is 0.696. The Labute approximate surface area is 65.5 Å². The molecule has 0 radical (unpaired) electrons. The van der Waals surface area contributed by atoms with Crippen LogP contribution in [0.15, 0.2) is 0 Å². The summed E-state index contributed by atoms with van der Waals surface area (Å²) in [5.41, 5.74) is 0. The van der Waals surface area contributed by atoms with Gasteiger partial charge in [-0.3, -0.25) is 0 Å². The van der Waals surface area contributed by atoms with Gasteiger partial charge in [0.25, 0.3) is 0 Å². The van der Waals surface area contributed by atoms with E-state index in [2.05, 4.69) is 6.92 Å². The Morgan fingerprint density at radius 1 is 1.25 bits per heavy atom. The summed E-state index contributed by atoms with van der Waals surface area (Å²) in [6.07, 6.45) is 2.21. The zero-order valence-electron chi connectivity index (χ0n) is 4.76. The molecule has 0 aromatic rings.